The molecule has 0 aromatic carbocycles. The molecule has 7 atom stereocenters. The van der Waals surface area contributed by atoms with E-state index in [-0.39, 0.29) is 35.9 Å². The number of nitrogens with one attached hydrogen (secondary N) is 2. The Labute approximate surface area is 173 Å². The van der Waals surface area contributed by atoms with Crippen molar-refractivity contribution in [2.45, 2.75) is 89.1 Å². The Kier molecular flexibility index (Phi) is 6.44. The minimum atomic E-state index is -0.778. The summed E-state index contributed by atoms with van der Waals surface area (Å²) in [6, 6.07) is 0.392. The van der Waals surface area contributed by atoms with E-state index < -0.39 is 6.17 Å². The summed E-state index contributed by atoms with van der Waals surface area (Å²) >= 11 is 0. The first-order chi connectivity index (χ1) is 14.0. The molecule has 2 N–H and O–H groups in total. The second-order valence-electron chi connectivity index (χ2n) is 9.69. The molecule has 7 heteroatoms. The van der Waals surface area contributed by atoms with Crippen LogP contribution in [0.4, 0.5) is 4.39 Å². The molecular weight excluding hydrogens is 371 g/mol. The molecule has 2 aliphatic heterocycles. The largest absolute Gasteiger partial charge is 0.352 e. The zero-order valence-electron chi connectivity index (χ0n) is 17.9. The number of fused-ring (bicyclic) bond motifs is 1. The monoisotopic (exact) mass is 408 g/mol. The van der Waals surface area contributed by atoms with Gasteiger partial charge in [0, 0.05) is 43.7 Å². The zero-order chi connectivity index (χ0) is 20.5. The molecule has 5 unspecified atom stereocenters. The molecule has 164 valence electrons. The molecule has 2 aliphatic carbocycles. The van der Waals surface area contributed by atoms with Crippen molar-refractivity contribution in [1.82, 2.24) is 20.4 Å². The van der Waals surface area contributed by atoms with Crippen LogP contribution in [-0.2, 0) is 9.59 Å². The molecule has 0 aromatic rings. The lowest BCUT2D eigenvalue weighted by molar-refractivity contribution is -0.137. The number of hydrogen-bond donors (Lipinski definition) is 2. The summed E-state index contributed by atoms with van der Waals surface area (Å²) in [5, 5.41) is 6.70. The first-order valence-corrected chi connectivity index (χ1v) is 11.7. The molecule has 29 heavy (non-hydrogen) atoms. The lowest BCUT2D eigenvalue weighted by Gasteiger charge is -2.42. The van der Waals surface area contributed by atoms with E-state index in [0.29, 0.717) is 31.3 Å². The summed E-state index contributed by atoms with van der Waals surface area (Å²) in [7, 11) is 0. The van der Waals surface area contributed by atoms with E-state index in [1.165, 1.54) is 0 Å². The van der Waals surface area contributed by atoms with Crippen molar-refractivity contribution in [3.8, 4) is 0 Å². The Morgan fingerprint density at radius 1 is 1.21 bits per heavy atom. The van der Waals surface area contributed by atoms with E-state index in [1.807, 2.05) is 11.8 Å². The van der Waals surface area contributed by atoms with Crippen LogP contribution in [0.5, 0.6) is 0 Å². The van der Waals surface area contributed by atoms with E-state index in [9.17, 15) is 14.0 Å². The van der Waals surface area contributed by atoms with Gasteiger partial charge in [0.15, 0.2) is 0 Å². The maximum atomic E-state index is 14.3. The van der Waals surface area contributed by atoms with Crippen LogP contribution in [0.3, 0.4) is 0 Å². The van der Waals surface area contributed by atoms with Gasteiger partial charge in [-0.1, -0.05) is 6.92 Å². The fourth-order valence-electron chi connectivity index (χ4n) is 6.10. The van der Waals surface area contributed by atoms with Crippen LogP contribution in [0.25, 0.3) is 0 Å². The zero-order valence-corrected chi connectivity index (χ0v) is 17.9. The molecule has 0 spiro atoms. The van der Waals surface area contributed by atoms with Gasteiger partial charge >= 0.3 is 0 Å². The van der Waals surface area contributed by atoms with E-state index >= 15 is 0 Å². The highest BCUT2D eigenvalue weighted by Gasteiger charge is 2.46. The molecule has 4 aliphatic rings. The van der Waals surface area contributed by atoms with Crippen LogP contribution in [0.2, 0.25) is 0 Å². The van der Waals surface area contributed by atoms with Crippen LogP contribution < -0.4 is 10.6 Å². The number of rotatable bonds is 4. The molecule has 2 amide bonds. The smallest absolute Gasteiger partial charge is 0.237 e. The Morgan fingerprint density at radius 2 is 2.03 bits per heavy atom. The lowest BCUT2D eigenvalue weighted by Crippen LogP contribution is -2.56. The maximum absolute atomic E-state index is 14.3. The quantitative estimate of drug-likeness (QED) is 0.743. The molecule has 6 nitrogen and oxygen atoms in total. The molecule has 0 aromatic heterocycles. The third kappa shape index (κ3) is 4.46. The number of carbonyl (C=O) groups excluding carboxylic acids is 2. The van der Waals surface area contributed by atoms with Gasteiger partial charge in [-0.2, -0.15) is 0 Å². The van der Waals surface area contributed by atoms with E-state index in [0.717, 1.165) is 51.7 Å². The maximum Gasteiger partial charge on any atom is 0.237 e. The summed E-state index contributed by atoms with van der Waals surface area (Å²) in [6.07, 6.45) is 5.44. The summed E-state index contributed by atoms with van der Waals surface area (Å²) in [5.74, 6) is 0.673. The Hall–Kier alpha value is -1.21. The number of piperazine rings is 1. The van der Waals surface area contributed by atoms with Gasteiger partial charge < -0.3 is 15.5 Å². The highest BCUT2D eigenvalue weighted by atomic mass is 19.1. The van der Waals surface area contributed by atoms with Gasteiger partial charge in [0.2, 0.25) is 11.8 Å². The molecule has 0 radical (unpaired) electrons. The van der Waals surface area contributed by atoms with Crippen LogP contribution in [0.1, 0.15) is 58.8 Å². The van der Waals surface area contributed by atoms with Gasteiger partial charge in [0.1, 0.15) is 6.17 Å². The SMILES string of the molecule is CCN1CCN([C@@H]2CCC[C@@H](NC(=O)C3CC4C(F)CCC(C)C4N3)C2)CC1=O. The Bertz CT molecular complexity index is 600. The highest BCUT2D eigenvalue weighted by molar-refractivity contribution is 5.82. The van der Waals surface area contributed by atoms with Gasteiger partial charge in [-0.25, -0.2) is 4.39 Å². The number of likely N-dealkylation sites (N-methyl/N-ethyl adjacent to an activating group) is 1. The predicted octanol–water partition coefficient (Wildman–Crippen LogP) is 1.69. The predicted molar refractivity (Wildman–Crippen MR) is 110 cm³/mol. The molecular formula is C22H37FN4O2. The third-order valence-corrected chi connectivity index (χ3v) is 7.89. The second kappa shape index (κ2) is 8.88. The molecule has 4 rings (SSSR count). The van der Waals surface area contributed by atoms with Gasteiger partial charge in [0.25, 0.3) is 0 Å². The van der Waals surface area contributed by atoms with Crippen molar-refractivity contribution < 1.29 is 14.0 Å². The topological polar surface area (TPSA) is 64.7 Å². The normalized spacial score (nSPS) is 41.3. The molecule has 4 fully saturated rings. The molecule has 2 heterocycles. The average Bonchev–Trinajstić information content (AvgIpc) is 3.18. The number of nitrogens with zero attached hydrogens (tertiary/aromatic N) is 2. The van der Waals surface area contributed by atoms with E-state index in [2.05, 4.69) is 22.5 Å². The first-order valence-electron chi connectivity index (χ1n) is 11.7. The molecule has 2 saturated heterocycles. The summed E-state index contributed by atoms with van der Waals surface area (Å²) < 4.78 is 14.3. The van der Waals surface area contributed by atoms with Crippen LogP contribution in [0.15, 0.2) is 0 Å². The second-order valence-corrected chi connectivity index (χ2v) is 9.69. The number of alkyl halides is 1. The minimum absolute atomic E-state index is 0.0190. The first kappa shape index (κ1) is 21.0. The van der Waals surface area contributed by atoms with Gasteiger partial charge in [-0.3, -0.25) is 14.5 Å². The Balaban J connectivity index is 1.29. The van der Waals surface area contributed by atoms with Crippen LogP contribution in [-0.4, -0.2) is 78.1 Å². The van der Waals surface area contributed by atoms with Crippen molar-refractivity contribution in [2.75, 3.05) is 26.2 Å². The lowest BCUT2D eigenvalue weighted by atomic mass is 9.77. The Morgan fingerprint density at radius 3 is 2.76 bits per heavy atom. The molecule has 2 saturated carbocycles. The van der Waals surface area contributed by atoms with Crippen molar-refractivity contribution in [3.05, 3.63) is 0 Å². The van der Waals surface area contributed by atoms with Crippen molar-refractivity contribution >= 4 is 11.8 Å². The van der Waals surface area contributed by atoms with E-state index in [1.54, 1.807) is 0 Å². The standard InChI is InChI=1S/C22H37FN4O2/c1-3-26-9-10-27(13-20(26)28)16-6-4-5-15(11-16)24-22(29)19-12-17-18(23)8-7-14(2)21(17)25-19/h14-19,21,25H,3-13H2,1-2H3,(H,24,29)/t14?,15-,16-,17?,18?,19?,21?/m1/s1. The summed E-state index contributed by atoms with van der Waals surface area (Å²) in [5.41, 5.74) is 0. The minimum Gasteiger partial charge on any atom is -0.352 e. The average molecular weight is 409 g/mol. The van der Waals surface area contributed by atoms with E-state index in [4.69, 9.17) is 0 Å². The van der Waals surface area contributed by atoms with Crippen LogP contribution >= 0.6 is 0 Å². The third-order valence-electron chi connectivity index (χ3n) is 7.89. The summed E-state index contributed by atoms with van der Waals surface area (Å²) in [4.78, 5) is 29.4. The van der Waals surface area contributed by atoms with Crippen LogP contribution in [0, 0.1) is 11.8 Å². The number of halogens is 1. The highest BCUT2D eigenvalue weighted by Crippen LogP contribution is 2.38. The fraction of sp³-hybridized carbons (Fsp3) is 0.909. The van der Waals surface area contributed by atoms with Crippen molar-refractivity contribution in [1.29, 1.82) is 0 Å². The fourth-order valence-corrected chi connectivity index (χ4v) is 6.10. The summed E-state index contributed by atoms with van der Waals surface area (Å²) in [6.45, 7) is 7.21. The van der Waals surface area contributed by atoms with Gasteiger partial charge in [0.05, 0.1) is 12.6 Å². The number of amides is 2. The van der Waals surface area contributed by atoms with Gasteiger partial charge in [-0.05, 0) is 57.8 Å². The van der Waals surface area contributed by atoms with Crippen molar-refractivity contribution in [3.63, 3.8) is 0 Å². The number of hydrogen-bond acceptors (Lipinski definition) is 4. The molecule has 0 bridgehead atoms. The number of carbonyl (C=O) groups is 2. The van der Waals surface area contributed by atoms with Gasteiger partial charge in [-0.15, -0.1) is 0 Å². The van der Waals surface area contributed by atoms with Crippen molar-refractivity contribution in [2.24, 2.45) is 11.8 Å².